The first kappa shape index (κ1) is 13.7. The first-order chi connectivity index (χ1) is 9.52. The van der Waals surface area contributed by atoms with Crippen LogP contribution in [-0.2, 0) is 0 Å². The minimum atomic E-state index is -1.18. The average molecular weight is 277 g/mol. The zero-order valence-corrected chi connectivity index (χ0v) is 10.8. The van der Waals surface area contributed by atoms with Gasteiger partial charge < -0.3 is 15.2 Å². The van der Waals surface area contributed by atoms with Gasteiger partial charge >= 0.3 is 5.97 Å². The normalized spacial score (nSPS) is 10.2. The van der Waals surface area contributed by atoms with Gasteiger partial charge in [0.2, 0.25) is 5.88 Å². The molecule has 0 saturated heterocycles. The molecule has 0 aliphatic rings. The third kappa shape index (κ3) is 2.66. The molecule has 0 radical (unpaired) electrons. The first-order valence-electron chi connectivity index (χ1n) is 5.68. The molecule has 0 amide bonds. The molecule has 0 aliphatic heterocycles. The van der Waals surface area contributed by atoms with Crippen molar-refractivity contribution in [3.63, 3.8) is 0 Å². The van der Waals surface area contributed by atoms with Crippen molar-refractivity contribution in [2.45, 2.75) is 6.92 Å². The monoisotopic (exact) mass is 277 g/mol. The maximum absolute atomic E-state index is 13.8. The molecule has 0 atom stereocenters. The minimum Gasteiger partial charge on any atom is -0.481 e. The van der Waals surface area contributed by atoms with Crippen LogP contribution < -0.4 is 10.1 Å². The number of carboxylic acid groups (broad SMARTS) is 1. The van der Waals surface area contributed by atoms with E-state index in [1.807, 2.05) is 0 Å². The van der Waals surface area contributed by atoms with Gasteiger partial charge in [-0.2, -0.15) is 0 Å². The average Bonchev–Trinajstić information content (AvgIpc) is 2.43. The Balaban J connectivity index is 2.33. The van der Waals surface area contributed by atoms with Gasteiger partial charge in [0.1, 0.15) is 18.0 Å². The third-order valence-corrected chi connectivity index (χ3v) is 2.70. The Morgan fingerprint density at radius 1 is 1.40 bits per heavy atom. The molecular formula is C13H12FN3O3. The maximum atomic E-state index is 13.8. The number of rotatable bonds is 4. The van der Waals surface area contributed by atoms with E-state index < -0.39 is 11.8 Å². The molecule has 1 aromatic carbocycles. The number of benzene rings is 1. The van der Waals surface area contributed by atoms with Crippen LogP contribution in [0.15, 0.2) is 24.5 Å². The van der Waals surface area contributed by atoms with E-state index in [9.17, 15) is 9.18 Å². The lowest BCUT2D eigenvalue weighted by Gasteiger charge is -2.11. The van der Waals surface area contributed by atoms with Crippen molar-refractivity contribution in [2.75, 3.05) is 12.4 Å². The summed E-state index contributed by atoms with van der Waals surface area (Å²) in [4.78, 5) is 18.6. The van der Waals surface area contributed by atoms with Gasteiger partial charge in [0.25, 0.3) is 0 Å². The van der Waals surface area contributed by atoms with Crippen LogP contribution in [0.4, 0.5) is 15.9 Å². The summed E-state index contributed by atoms with van der Waals surface area (Å²) in [6.45, 7) is 1.73. The van der Waals surface area contributed by atoms with Gasteiger partial charge in [0.05, 0.1) is 23.9 Å². The third-order valence-electron chi connectivity index (χ3n) is 2.70. The van der Waals surface area contributed by atoms with Gasteiger partial charge in [-0.25, -0.2) is 19.2 Å². The van der Waals surface area contributed by atoms with Crippen LogP contribution in [0.2, 0.25) is 0 Å². The summed E-state index contributed by atoms with van der Waals surface area (Å²) in [5, 5.41) is 11.6. The number of nitrogens with zero attached hydrogens (tertiary/aromatic N) is 2. The number of aromatic nitrogens is 2. The molecule has 1 aromatic heterocycles. The molecule has 0 bridgehead atoms. The largest absolute Gasteiger partial charge is 0.481 e. The number of anilines is 2. The van der Waals surface area contributed by atoms with Crippen LogP contribution in [0, 0.1) is 12.7 Å². The van der Waals surface area contributed by atoms with Gasteiger partial charge in [-0.1, -0.05) is 0 Å². The number of aromatic carboxylic acids is 1. The van der Waals surface area contributed by atoms with Crippen molar-refractivity contribution >= 4 is 17.5 Å². The quantitative estimate of drug-likeness (QED) is 0.892. The summed E-state index contributed by atoms with van der Waals surface area (Å²) >= 11 is 0. The Kier molecular flexibility index (Phi) is 3.79. The summed E-state index contributed by atoms with van der Waals surface area (Å²) in [7, 11) is 1.47. The second-order valence-electron chi connectivity index (χ2n) is 3.98. The number of hydrogen-bond acceptors (Lipinski definition) is 5. The van der Waals surface area contributed by atoms with Crippen molar-refractivity contribution in [1.29, 1.82) is 0 Å². The maximum Gasteiger partial charge on any atom is 0.335 e. The highest BCUT2D eigenvalue weighted by Gasteiger charge is 2.12. The fraction of sp³-hybridized carbons (Fsp3) is 0.154. The molecule has 0 spiro atoms. The highest BCUT2D eigenvalue weighted by molar-refractivity contribution is 5.88. The number of ether oxygens (including phenoxy) is 1. The lowest BCUT2D eigenvalue weighted by Crippen LogP contribution is -2.03. The van der Waals surface area contributed by atoms with E-state index in [0.717, 1.165) is 6.07 Å². The Morgan fingerprint density at radius 2 is 2.15 bits per heavy atom. The first-order valence-corrected chi connectivity index (χ1v) is 5.68. The molecule has 104 valence electrons. The van der Waals surface area contributed by atoms with Crippen molar-refractivity contribution in [2.24, 2.45) is 0 Å². The molecule has 0 fully saturated rings. The fourth-order valence-corrected chi connectivity index (χ4v) is 1.64. The Bertz CT molecular complexity index is 661. The lowest BCUT2D eigenvalue weighted by molar-refractivity contribution is 0.0696. The molecular weight excluding hydrogens is 265 g/mol. The molecule has 6 nitrogen and oxygen atoms in total. The smallest absolute Gasteiger partial charge is 0.335 e. The van der Waals surface area contributed by atoms with Crippen LogP contribution >= 0.6 is 0 Å². The molecule has 2 N–H and O–H groups in total. The van der Waals surface area contributed by atoms with Crippen LogP contribution in [0.3, 0.4) is 0 Å². The highest BCUT2D eigenvalue weighted by Crippen LogP contribution is 2.25. The SMILES string of the molecule is COc1ncnc(Nc2ccc(C(=O)O)cc2F)c1C. The fourth-order valence-electron chi connectivity index (χ4n) is 1.64. The van der Waals surface area contributed by atoms with E-state index in [-0.39, 0.29) is 11.3 Å². The Labute approximate surface area is 114 Å². The molecule has 0 saturated carbocycles. The van der Waals surface area contributed by atoms with Crippen LogP contribution in [-0.4, -0.2) is 28.2 Å². The highest BCUT2D eigenvalue weighted by atomic mass is 19.1. The molecule has 7 heteroatoms. The Hall–Kier alpha value is -2.70. The zero-order chi connectivity index (χ0) is 14.7. The van der Waals surface area contributed by atoms with E-state index in [4.69, 9.17) is 9.84 Å². The number of carboxylic acids is 1. The summed E-state index contributed by atoms with van der Waals surface area (Å²) < 4.78 is 18.9. The van der Waals surface area contributed by atoms with Gasteiger partial charge in [-0.05, 0) is 25.1 Å². The van der Waals surface area contributed by atoms with Crippen molar-refractivity contribution in [3.8, 4) is 5.88 Å². The minimum absolute atomic E-state index is 0.120. The number of methoxy groups -OCH3 is 1. The predicted octanol–water partition coefficient (Wildman–Crippen LogP) is 2.37. The van der Waals surface area contributed by atoms with Crippen LogP contribution in [0.5, 0.6) is 5.88 Å². The molecule has 0 aliphatic carbocycles. The van der Waals surface area contributed by atoms with Crippen molar-refractivity contribution in [1.82, 2.24) is 9.97 Å². The van der Waals surface area contributed by atoms with E-state index in [1.165, 1.54) is 25.6 Å². The van der Waals surface area contributed by atoms with Crippen molar-refractivity contribution < 1.29 is 19.0 Å². The predicted molar refractivity (Wildman–Crippen MR) is 70.0 cm³/mol. The number of halogens is 1. The number of nitrogens with one attached hydrogen (secondary N) is 1. The standard InChI is InChI=1S/C13H12FN3O3/c1-7-11(15-6-16-12(7)20-2)17-10-4-3-8(13(18)19)5-9(10)14/h3-6H,1-2H3,(H,18,19)(H,15,16,17). The van der Waals surface area contributed by atoms with E-state index in [1.54, 1.807) is 6.92 Å². The van der Waals surface area contributed by atoms with Crippen molar-refractivity contribution in [3.05, 3.63) is 41.5 Å². The molecule has 2 aromatic rings. The van der Waals surface area contributed by atoms with E-state index >= 15 is 0 Å². The van der Waals surface area contributed by atoms with Gasteiger partial charge in [-0.15, -0.1) is 0 Å². The molecule has 0 unspecified atom stereocenters. The molecule has 20 heavy (non-hydrogen) atoms. The summed E-state index contributed by atoms with van der Waals surface area (Å²) in [6.07, 6.45) is 1.29. The van der Waals surface area contributed by atoms with Gasteiger partial charge in [0, 0.05) is 0 Å². The van der Waals surface area contributed by atoms with Gasteiger partial charge in [0.15, 0.2) is 0 Å². The number of carbonyl (C=O) groups is 1. The molecule has 2 rings (SSSR count). The Morgan fingerprint density at radius 3 is 2.75 bits per heavy atom. The molecule has 1 heterocycles. The van der Waals surface area contributed by atoms with Crippen LogP contribution in [0.25, 0.3) is 0 Å². The zero-order valence-electron chi connectivity index (χ0n) is 10.8. The van der Waals surface area contributed by atoms with Crippen LogP contribution in [0.1, 0.15) is 15.9 Å². The summed E-state index contributed by atoms with van der Waals surface area (Å²) in [5.41, 5.74) is 0.626. The second kappa shape index (κ2) is 5.52. The van der Waals surface area contributed by atoms with E-state index in [0.29, 0.717) is 17.3 Å². The van der Waals surface area contributed by atoms with E-state index in [2.05, 4.69) is 15.3 Å². The second-order valence-corrected chi connectivity index (χ2v) is 3.98. The van der Waals surface area contributed by atoms with Gasteiger partial charge in [-0.3, -0.25) is 0 Å². The number of hydrogen-bond donors (Lipinski definition) is 2. The lowest BCUT2D eigenvalue weighted by atomic mass is 10.2. The topological polar surface area (TPSA) is 84.3 Å². The summed E-state index contributed by atoms with van der Waals surface area (Å²) in [5.74, 6) is -1.10. The summed E-state index contributed by atoms with van der Waals surface area (Å²) in [6, 6.07) is 3.59.